The van der Waals surface area contributed by atoms with Crippen molar-refractivity contribution in [2.75, 3.05) is 63.3 Å². The summed E-state index contributed by atoms with van der Waals surface area (Å²) >= 11 is 0. The number of anilines is 2. The van der Waals surface area contributed by atoms with Gasteiger partial charge in [0.05, 0.1) is 19.9 Å². The molecule has 0 unspecified atom stereocenters. The maximum atomic E-state index is 13.3. The van der Waals surface area contributed by atoms with Gasteiger partial charge in [-0.15, -0.1) is 0 Å². The van der Waals surface area contributed by atoms with Crippen LogP contribution >= 0.6 is 0 Å². The van der Waals surface area contributed by atoms with Gasteiger partial charge in [0.2, 0.25) is 0 Å². The van der Waals surface area contributed by atoms with Crippen LogP contribution in [0, 0.1) is 0 Å². The predicted octanol–water partition coefficient (Wildman–Crippen LogP) is 3.57. The summed E-state index contributed by atoms with van der Waals surface area (Å²) in [7, 11) is 3.33. The molecular weight excluding hydrogens is 416 g/mol. The Morgan fingerprint density at radius 1 is 0.909 bits per heavy atom. The lowest BCUT2D eigenvalue weighted by molar-refractivity contribution is 0.0982. The summed E-state index contributed by atoms with van der Waals surface area (Å²) in [5.74, 6) is 2.22. The van der Waals surface area contributed by atoms with E-state index in [1.165, 1.54) is 0 Å². The molecule has 7 nitrogen and oxygen atoms in total. The highest BCUT2D eigenvalue weighted by molar-refractivity contribution is 6.05. The summed E-state index contributed by atoms with van der Waals surface area (Å²) in [6, 6.07) is 21.0. The Morgan fingerprint density at radius 2 is 1.64 bits per heavy atom. The van der Waals surface area contributed by atoms with E-state index in [4.69, 9.17) is 9.47 Å². The first-order valence-electron chi connectivity index (χ1n) is 11.2. The van der Waals surface area contributed by atoms with E-state index in [2.05, 4.69) is 20.9 Å². The normalized spacial score (nSPS) is 14.1. The number of carbonyl (C=O) groups excluding carboxylic acids is 1. The first-order valence-corrected chi connectivity index (χ1v) is 11.2. The molecule has 0 saturated carbocycles. The smallest absolute Gasteiger partial charge is 0.259 e. The van der Waals surface area contributed by atoms with E-state index in [0.29, 0.717) is 17.9 Å². The topological polar surface area (TPSA) is 58.1 Å². The van der Waals surface area contributed by atoms with Crippen molar-refractivity contribution in [1.29, 1.82) is 0 Å². The van der Waals surface area contributed by atoms with E-state index in [-0.39, 0.29) is 5.91 Å². The number of piperazine rings is 1. The number of hydrogen-bond donors (Lipinski definition) is 0. The Labute approximate surface area is 195 Å². The molecule has 33 heavy (non-hydrogen) atoms. The van der Waals surface area contributed by atoms with Gasteiger partial charge in [0, 0.05) is 51.0 Å². The van der Waals surface area contributed by atoms with Crippen LogP contribution in [0.5, 0.6) is 11.5 Å². The van der Waals surface area contributed by atoms with Gasteiger partial charge in [-0.2, -0.15) is 0 Å². The first-order chi connectivity index (χ1) is 16.2. The third-order valence-electron chi connectivity index (χ3n) is 5.95. The molecule has 1 aromatic heterocycles. The monoisotopic (exact) mass is 446 g/mol. The molecule has 0 atom stereocenters. The van der Waals surface area contributed by atoms with Gasteiger partial charge in [0.1, 0.15) is 17.3 Å². The van der Waals surface area contributed by atoms with Crippen LogP contribution in [0.4, 0.5) is 11.5 Å². The molecule has 0 spiro atoms. The molecule has 0 N–H and O–H groups in total. The summed E-state index contributed by atoms with van der Waals surface area (Å²) in [6.07, 6.45) is 1.72. The van der Waals surface area contributed by atoms with Crippen LogP contribution in [-0.4, -0.2) is 69.3 Å². The Morgan fingerprint density at radius 3 is 2.30 bits per heavy atom. The largest absolute Gasteiger partial charge is 0.497 e. The molecular formula is C26H30N4O3. The van der Waals surface area contributed by atoms with E-state index in [9.17, 15) is 4.79 Å². The number of para-hydroxylation sites is 2. The minimum absolute atomic E-state index is 0.0657. The second-order valence-corrected chi connectivity index (χ2v) is 7.87. The fourth-order valence-electron chi connectivity index (χ4n) is 4.07. The Bertz CT molecular complexity index is 1030. The van der Waals surface area contributed by atoms with Gasteiger partial charge in [-0.25, -0.2) is 4.98 Å². The van der Waals surface area contributed by atoms with Crippen molar-refractivity contribution in [3.8, 4) is 11.5 Å². The Kier molecular flexibility index (Phi) is 7.42. The van der Waals surface area contributed by atoms with E-state index in [1.807, 2.05) is 36.4 Å². The highest BCUT2D eigenvalue weighted by Crippen LogP contribution is 2.28. The lowest BCUT2D eigenvalue weighted by Crippen LogP contribution is -2.49. The maximum Gasteiger partial charge on any atom is 0.259 e. The molecule has 7 heteroatoms. The van der Waals surface area contributed by atoms with Crippen LogP contribution in [-0.2, 0) is 0 Å². The van der Waals surface area contributed by atoms with Crippen LogP contribution in [0.1, 0.15) is 10.4 Å². The summed E-state index contributed by atoms with van der Waals surface area (Å²) in [6.45, 7) is 5.01. The quantitative estimate of drug-likeness (QED) is 0.527. The molecule has 0 bridgehead atoms. The van der Waals surface area contributed by atoms with Gasteiger partial charge < -0.3 is 14.4 Å². The molecule has 2 aromatic carbocycles. The van der Waals surface area contributed by atoms with Gasteiger partial charge >= 0.3 is 0 Å². The molecule has 1 amide bonds. The molecule has 172 valence electrons. The van der Waals surface area contributed by atoms with Gasteiger partial charge in [-0.3, -0.25) is 14.6 Å². The van der Waals surface area contributed by atoms with Crippen LogP contribution < -0.4 is 19.3 Å². The van der Waals surface area contributed by atoms with E-state index in [1.54, 1.807) is 49.6 Å². The van der Waals surface area contributed by atoms with Crippen LogP contribution in [0.15, 0.2) is 72.9 Å². The lowest BCUT2D eigenvalue weighted by Gasteiger charge is -2.37. The van der Waals surface area contributed by atoms with E-state index < -0.39 is 0 Å². The third-order valence-corrected chi connectivity index (χ3v) is 5.95. The standard InChI is InChI=1S/C26H30N4O3/c1-32-22-12-10-21(11-13-22)26(31)30(25-9-5-6-14-27-25)20-17-28-15-18-29(19-16-28)23-7-3-4-8-24(23)33-2/h3-14H,15-20H2,1-2H3. The SMILES string of the molecule is COc1ccc(C(=O)N(CCN2CCN(c3ccccc3OC)CC2)c2ccccn2)cc1. The van der Waals surface area contributed by atoms with Crippen molar-refractivity contribution in [3.05, 3.63) is 78.5 Å². The summed E-state index contributed by atoms with van der Waals surface area (Å²) in [5, 5.41) is 0. The molecule has 0 aliphatic carbocycles. The van der Waals surface area contributed by atoms with Gasteiger partial charge in [0.25, 0.3) is 5.91 Å². The van der Waals surface area contributed by atoms with Gasteiger partial charge in [-0.05, 0) is 48.5 Å². The number of amides is 1. The third kappa shape index (κ3) is 5.43. The molecule has 1 fully saturated rings. The highest BCUT2D eigenvalue weighted by Gasteiger charge is 2.23. The summed E-state index contributed by atoms with van der Waals surface area (Å²) < 4.78 is 10.7. The number of ether oxygens (including phenoxy) is 2. The van der Waals surface area contributed by atoms with Crippen molar-refractivity contribution < 1.29 is 14.3 Å². The molecule has 2 heterocycles. The summed E-state index contributed by atoms with van der Waals surface area (Å²) in [4.78, 5) is 24.3. The number of benzene rings is 2. The molecule has 3 aromatic rings. The summed E-state index contributed by atoms with van der Waals surface area (Å²) in [5.41, 5.74) is 1.74. The zero-order chi connectivity index (χ0) is 23.0. The minimum Gasteiger partial charge on any atom is -0.497 e. The lowest BCUT2D eigenvalue weighted by atomic mass is 10.2. The average molecular weight is 447 g/mol. The predicted molar refractivity (Wildman–Crippen MR) is 131 cm³/mol. The molecule has 1 aliphatic rings. The fraction of sp³-hybridized carbons (Fsp3) is 0.308. The number of nitrogens with zero attached hydrogens (tertiary/aromatic N) is 4. The van der Waals surface area contributed by atoms with Crippen molar-refractivity contribution >= 4 is 17.4 Å². The maximum absolute atomic E-state index is 13.3. The highest BCUT2D eigenvalue weighted by atomic mass is 16.5. The second-order valence-electron chi connectivity index (χ2n) is 7.87. The van der Waals surface area contributed by atoms with Crippen molar-refractivity contribution in [2.45, 2.75) is 0 Å². The van der Waals surface area contributed by atoms with Crippen LogP contribution in [0.3, 0.4) is 0 Å². The Balaban J connectivity index is 1.41. The van der Waals surface area contributed by atoms with Crippen molar-refractivity contribution in [2.24, 2.45) is 0 Å². The van der Waals surface area contributed by atoms with Crippen LogP contribution in [0.25, 0.3) is 0 Å². The second kappa shape index (κ2) is 10.8. The zero-order valence-corrected chi connectivity index (χ0v) is 19.2. The minimum atomic E-state index is -0.0657. The fourth-order valence-corrected chi connectivity index (χ4v) is 4.07. The van der Waals surface area contributed by atoms with Gasteiger partial charge in [-0.1, -0.05) is 18.2 Å². The number of carbonyl (C=O) groups is 1. The number of hydrogen-bond acceptors (Lipinski definition) is 6. The van der Waals surface area contributed by atoms with E-state index in [0.717, 1.165) is 49.9 Å². The number of rotatable bonds is 8. The van der Waals surface area contributed by atoms with Crippen molar-refractivity contribution in [1.82, 2.24) is 9.88 Å². The molecule has 0 radical (unpaired) electrons. The number of aromatic nitrogens is 1. The first kappa shape index (κ1) is 22.6. The Hall–Kier alpha value is -3.58. The molecule has 4 rings (SSSR count). The van der Waals surface area contributed by atoms with E-state index >= 15 is 0 Å². The zero-order valence-electron chi connectivity index (χ0n) is 19.2. The van der Waals surface area contributed by atoms with Gasteiger partial charge in [0.15, 0.2) is 0 Å². The molecule has 1 saturated heterocycles. The number of methoxy groups -OCH3 is 2. The average Bonchev–Trinajstić information content (AvgIpc) is 2.89. The number of pyridine rings is 1. The van der Waals surface area contributed by atoms with Crippen molar-refractivity contribution in [3.63, 3.8) is 0 Å². The van der Waals surface area contributed by atoms with Crippen LogP contribution in [0.2, 0.25) is 0 Å². The molecule has 1 aliphatic heterocycles.